The second kappa shape index (κ2) is 6.09. The van der Waals surface area contributed by atoms with Gasteiger partial charge in [-0.1, -0.05) is 18.2 Å². The maximum atomic E-state index is 12.2. The third-order valence-electron chi connectivity index (χ3n) is 3.17. The van der Waals surface area contributed by atoms with Crippen LogP contribution in [0.3, 0.4) is 0 Å². The van der Waals surface area contributed by atoms with Gasteiger partial charge in [-0.05, 0) is 36.4 Å². The lowest BCUT2D eigenvalue weighted by atomic mass is 10.2. The molecule has 0 atom stereocenters. The zero-order valence-corrected chi connectivity index (χ0v) is 11.9. The van der Waals surface area contributed by atoms with Crippen LogP contribution in [0.5, 0.6) is 5.75 Å². The molecule has 0 aromatic heterocycles. The van der Waals surface area contributed by atoms with E-state index >= 15 is 0 Å². The molecule has 0 aliphatic heterocycles. The molecular weight excluding hydrogens is 268 g/mol. The van der Waals surface area contributed by atoms with Gasteiger partial charge in [-0.3, -0.25) is 9.59 Å². The number of carbonyl (C=O) groups is 2. The molecule has 0 bridgehead atoms. The average Bonchev–Trinajstić information content (AvgIpc) is 2.53. The Labute approximate surface area is 123 Å². The largest absolute Gasteiger partial charge is 0.508 e. The SMILES string of the molecule is CN(C(=O)C(=O)N(C)c1ccc(O)cc1)c1ccccc1. The molecule has 2 aromatic carbocycles. The van der Waals surface area contributed by atoms with E-state index in [2.05, 4.69) is 0 Å². The van der Waals surface area contributed by atoms with Crippen LogP contribution in [0.2, 0.25) is 0 Å². The molecule has 0 aliphatic rings. The van der Waals surface area contributed by atoms with E-state index in [0.717, 1.165) is 0 Å². The van der Waals surface area contributed by atoms with E-state index in [9.17, 15) is 14.7 Å². The average molecular weight is 284 g/mol. The molecule has 0 radical (unpaired) electrons. The van der Waals surface area contributed by atoms with Crippen LogP contribution in [0, 0.1) is 0 Å². The zero-order chi connectivity index (χ0) is 15.4. The van der Waals surface area contributed by atoms with Crippen molar-refractivity contribution in [1.82, 2.24) is 0 Å². The summed E-state index contributed by atoms with van der Waals surface area (Å²) in [4.78, 5) is 27.0. The van der Waals surface area contributed by atoms with Crippen molar-refractivity contribution < 1.29 is 14.7 Å². The number of amides is 2. The van der Waals surface area contributed by atoms with Gasteiger partial charge >= 0.3 is 11.8 Å². The number of anilines is 2. The summed E-state index contributed by atoms with van der Waals surface area (Å²) in [5.74, 6) is -1.17. The number of para-hydroxylation sites is 1. The fourth-order valence-corrected chi connectivity index (χ4v) is 1.85. The number of aromatic hydroxyl groups is 1. The maximum Gasteiger partial charge on any atom is 0.316 e. The van der Waals surface area contributed by atoms with E-state index in [1.54, 1.807) is 43.4 Å². The van der Waals surface area contributed by atoms with Crippen molar-refractivity contribution >= 4 is 23.2 Å². The van der Waals surface area contributed by atoms with Gasteiger partial charge in [0.15, 0.2) is 0 Å². The molecule has 0 heterocycles. The van der Waals surface area contributed by atoms with Crippen molar-refractivity contribution in [3.05, 3.63) is 54.6 Å². The fraction of sp³-hybridized carbons (Fsp3) is 0.125. The first-order chi connectivity index (χ1) is 10.0. The lowest BCUT2D eigenvalue weighted by Crippen LogP contribution is -2.42. The van der Waals surface area contributed by atoms with Crippen LogP contribution in [-0.2, 0) is 9.59 Å². The highest BCUT2D eigenvalue weighted by Gasteiger charge is 2.24. The van der Waals surface area contributed by atoms with Crippen LogP contribution in [-0.4, -0.2) is 31.0 Å². The Balaban J connectivity index is 2.15. The van der Waals surface area contributed by atoms with Gasteiger partial charge in [0.2, 0.25) is 0 Å². The fourth-order valence-electron chi connectivity index (χ4n) is 1.85. The Kier molecular flexibility index (Phi) is 4.23. The Morgan fingerprint density at radius 2 is 1.19 bits per heavy atom. The summed E-state index contributed by atoms with van der Waals surface area (Å²) in [7, 11) is 3.08. The molecular formula is C16H16N2O3. The number of carbonyl (C=O) groups excluding carboxylic acids is 2. The Morgan fingerprint density at radius 1 is 0.762 bits per heavy atom. The number of hydrogen-bond acceptors (Lipinski definition) is 3. The minimum Gasteiger partial charge on any atom is -0.508 e. The molecule has 0 fully saturated rings. The summed E-state index contributed by atoms with van der Waals surface area (Å²) < 4.78 is 0. The van der Waals surface area contributed by atoms with Gasteiger partial charge in [0, 0.05) is 25.5 Å². The molecule has 108 valence electrons. The highest BCUT2D eigenvalue weighted by Crippen LogP contribution is 2.18. The van der Waals surface area contributed by atoms with Crippen molar-refractivity contribution in [2.45, 2.75) is 0 Å². The zero-order valence-electron chi connectivity index (χ0n) is 11.9. The van der Waals surface area contributed by atoms with E-state index in [4.69, 9.17) is 0 Å². The smallest absolute Gasteiger partial charge is 0.316 e. The Bertz CT molecular complexity index is 638. The first-order valence-corrected chi connectivity index (χ1v) is 6.40. The van der Waals surface area contributed by atoms with Crippen LogP contribution >= 0.6 is 0 Å². The van der Waals surface area contributed by atoms with Gasteiger partial charge in [-0.2, -0.15) is 0 Å². The monoisotopic (exact) mass is 284 g/mol. The number of likely N-dealkylation sites (N-methyl/N-ethyl adjacent to an activating group) is 2. The van der Waals surface area contributed by atoms with Crippen molar-refractivity contribution in [3.8, 4) is 5.75 Å². The third kappa shape index (κ3) is 3.20. The molecule has 21 heavy (non-hydrogen) atoms. The predicted molar refractivity (Wildman–Crippen MR) is 81.4 cm³/mol. The Morgan fingerprint density at radius 3 is 1.67 bits per heavy atom. The molecule has 0 unspecified atom stereocenters. The summed E-state index contributed by atoms with van der Waals surface area (Å²) in [6.45, 7) is 0. The first-order valence-electron chi connectivity index (χ1n) is 6.40. The maximum absolute atomic E-state index is 12.2. The van der Waals surface area contributed by atoms with Crippen LogP contribution in [0.1, 0.15) is 0 Å². The van der Waals surface area contributed by atoms with Crippen molar-refractivity contribution in [2.75, 3.05) is 23.9 Å². The normalized spacial score (nSPS) is 10.0. The molecule has 2 rings (SSSR count). The number of nitrogens with zero attached hydrogens (tertiary/aromatic N) is 2. The van der Waals surface area contributed by atoms with E-state index in [-0.39, 0.29) is 5.75 Å². The standard InChI is InChI=1S/C16H16N2O3/c1-17(12-6-4-3-5-7-12)15(20)16(21)18(2)13-8-10-14(19)11-9-13/h3-11,19H,1-2H3. The lowest BCUT2D eigenvalue weighted by Gasteiger charge is -2.21. The van der Waals surface area contributed by atoms with E-state index in [0.29, 0.717) is 11.4 Å². The van der Waals surface area contributed by atoms with Crippen LogP contribution in [0.4, 0.5) is 11.4 Å². The van der Waals surface area contributed by atoms with Gasteiger partial charge < -0.3 is 14.9 Å². The van der Waals surface area contributed by atoms with Gasteiger partial charge in [-0.15, -0.1) is 0 Å². The summed E-state index contributed by atoms with van der Waals surface area (Å²) in [5, 5.41) is 9.24. The number of rotatable bonds is 2. The second-order valence-corrected chi connectivity index (χ2v) is 4.58. The summed E-state index contributed by atoms with van der Waals surface area (Å²) in [6.07, 6.45) is 0. The molecule has 0 saturated carbocycles. The quantitative estimate of drug-likeness (QED) is 0.858. The van der Waals surface area contributed by atoms with Crippen molar-refractivity contribution in [2.24, 2.45) is 0 Å². The molecule has 0 saturated heterocycles. The third-order valence-corrected chi connectivity index (χ3v) is 3.17. The minimum atomic E-state index is -0.646. The molecule has 1 N–H and O–H groups in total. The topological polar surface area (TPSA) is 60.9 Å². The number of phenolic OH excluding ortho intramolecular Hbond substituents is 1. The second-order valence-electron chi connectivity index (χ2n) is 4.58. The molecule has 2 aromatic rings. The highest BCUT2D eigenvalue weighted by molar-refractivity contribution is 6.44. The Hall–Kier alpha value is -2.82. The number of phenols is 1. The van der Waals surface area contributed by atoms with Crippen LogP contribution in [0.15, 0.2) is 54.6 Å². The first kappa shape index (κ1) is 14.6. The highest BCUT2D eigenvalue weighted by atomic mass is 16.3. The van der Waals surface area contributed by atoms with Gasteiger partial charge in [-0.25, -0.2) is 0 Å². The molecule has 0 spiro atoms. The predicted octanol–water partition coefficient (Wildman–Crippen LogP) is 2.02. The molecule has 0 aliphatic carbocycles. The van der Waals surface area contributed by atoms with Gasteiger partial charge in [0.25, 0.3) is 0 Å². The van der Waals surface area contributed by atoms with Crippen molar-refractivity contribution in [1.29, 1.82) is 0 Å². The van der Waals surface area contributed by atoms with Crippen LogP contribution < -0.4 is 9.80 Å². The van der Waals surface area contributed by atoms with Gasteiger partial charge in [0.1, 0.15) is 5.75 Å². The number of hydrogen-bond donors (Lipinski definition) is 1. The number of benzene rings is 2. The minimum absolute atomic E-state index is 0.104. The summed E-state index contributed by atoms with van der Waals surface area (Å²) in [6, 6.07) is 15.0. The summed E-state index contributed by atoms with van der Waals surface area (Å²) in [5.41, 5.74) is 1.18. The van der Waals surface area contributed by atoms with Crippen molar-refractivity contribution in [3.63, 3.8) is 0 Å². The molecule has 2 amide bonds. The molecule has 5 nitrogen and oxygen atoms in total. The molecule has 5 heteroatoms. The van der Waals surface area contributed by atoms with E-state index < -0.39 is 11.8 Å². The van der Waals surface area contributed by atoms with Crippen LogP contribution in [0.25, 0.3) is 0 Å². The van der Waals surface area contributed by atoms with E-state index in [1.165, 1.54) is 29.0 Å². The lowest BCUT2D eigenvalue weighted by molar-refractivity contribution is -0.135. The van der Waals surface area contributed by atoms with E-state index in [1.807, 2.05) is 6.07 Å². The summed E-state index contributed by atoms with van der Waals surface area (Å²) >= 11 is 0. The van der Waals surface area contributed by atoms with Gasteiger partial charge in [0.05, 0.1) is 0 Å².